The van der Waals surface area contributed by atoms with Gasteiger partial charge in [-0.05, 0) is 26.0 Å². The van der Waals surface area contributed by atoms with Crippen LogP contribution in [0.25, 0.3) is 0 Å². The van der Waals surface area contributed by atoms with E-state index < -0.39 is 5.91 Å². The predicted octanol–water partition coefficient (Wildman–Crippen LogP) is 0.653. The van der Waals surface area contributed by atoms with Crippen molar-refractivity contribution in [3.63, 3.8) is 0 Å². The van der Waals surface area contributed by atoms with Crippen LogP contribution in [0.4, 0.5) is 5.69 Å². The molecule has 16 heavy (non-hydrogen) atoms. The van der Waals surface area contributed by atoms with Crippen molar-refractivity contribution in [3.8, 4) is 6.07 Å². The van der Waals surface area contributed by atoms with Crippen molar-refractivity contribution in [1.82, 2.24) is 4.98 Å². The van der Waals surface area contributed by atoms with Crippen molar-refractivity contribution in [1.29, 1.82) is 5.26 Å². The third-order valence-corrected chi connectivity index (χ3v) is 2.14. The molecule has 0 saturated carbocycles. The number of amides is 1. The lowest BCUT2D eigenvalue weighted by Crippen LogP contribution is -2.38. The Morgan fingerprint density at radius 2 is 2.31 bits per heavy atom. The van der Waals surface area contributed by atoms with Gasteiger partial charge in [0.15, 0.2) is 0 Å². The molecule has 0 fully saturated rings. The summed E-state index contributed by atoms with van der Waals surface area (Å²) in [6.07, 6.45) is 1.57. The lowest BCUT2D eigenvalue weighted by molar-refractivity contribution is -0.116. The number of hydrogen-bond donors (Lipinski definition) is 1. The molecule has 5 nitrogen and oxygen atoms in total. The monoisotopic (exact) mass is 218 g/mol. The molecule has 0 bridgehead atoms. The van der Waals surface area contributed by atoms with E-state index in [2.05, 4.69) is 4.98 Å². The minimum Gasteiger partial charge on any atom is -0.368 e. The molecular weight excluding hydrogens is 204 g/mol. The predicted molar refractivity (Wildman–Crippen MR) is 60.6 cm³/mol. The number of nitriles is 1. The van der Waals surface area contributed by atoms with Crippen LogP contribution < -0.4 is 10.6 Å². The zero-order valence-corrected chi connectivity index (χ0v) is 9.34. The fourth-order valence-electron chi connectivity index (χ4n) is 1.36. The Morgan fingerprint density at radius 1 is 1.62 bits per heavy atom. The van der Waals surface area contributed by atoms with Crippen LogP contribution in [0.5, 0.6) is 0 Å². The quantitative estimate of drug-likeness (QED) is 0.804. The van der Waals surface area contributed by atoms with Gasteiger partial charge in [0.05, 0.1) is 18.4 Å². The van der Waals surface area contributed by atoms with Crippen LogP contribution in [0.2, 0.25) is 0 Å². The van der Waals surface area contributed by atoms with Gasteiger partial charge in [0, 0.05) is 6.04 Å². The summed E-state index contributed by atoms with van der Waals surface area (Å²) in [6.45, 7) is 4.06. The van der Waals surface area contributed by atoms with Gasteiger partial charge in [-0.15, -0.1) is 0 Å². The SMILES string of the molecule is CC(C)N(CC(N)=O)c1ccc(C#N)nc1. The molecule has 84 valence electrons. The Balaban J connectivity index is 2.93. The van der Waals surface area contributed by atoms with Gasteiger partial charge in [0.25, 0.3) is 0 Å². The van der Waals surface area contributed by atoms with Crippen molar-refractivity contribution in [2.75, 3.05) is 11.4 Å². The fraction of sp³-hybridized carbons (Fsp3) is 0.364. The van der Waals surface area contributed by atoms with E-state index in [0.29, 0.717) is 5.69 Å². The molecule has 1 aromatic rings. The Kier molecular flexibility index (Phi) is 3.84. The number of nitrogens with zero attached hydrogens (tertiary/aromatic N) is 3. The highest BCUT2D eigenvalue weighted by molar-refractivity contribution is 5.79. The van der Waals surface area contributed by atoms with Crippen LogP contribution in [0, 0.1) is 11.3 Å². The molecule has 0 radical (unpaired) electrons. The Bertz CT molecular complexity index is 405. The molecule has 5 heteroatoms. The summed E-state index contributed by atoms with van der Waals surface area (Å²) in [5.41, 5.74) is 6.31. The van der Waals surface area contributed by atoms with E-state index in [1.807, 2.05) is 24.8 Å². The largest absolute Gasteiger partial charge is 0.368 e. The van der Waals surface area contributed by atoms with Crippen LogP contribution in [0.3, 0.4) is 0 Å². The first-order valence-electron chi connectivity index (χ1n) is 4.95. The number of pyridine rings is 1. The number of carbonyl (C=O) groups excluding carboxylic acids is 1. The minimum atomic E-state index is -0.391. The van der Waals surface area contributed by atoms with Crippen LogP contribution in [-0.2, 0) is 4.79 Å². The summed E-state index contributed by atoms with van der Waals surface area (Å²) < 4.78 is 0. The number of aromatic nitrogens is 1. The molecule has 1 aromatic heterocycles. The van der Waals surface area contributed by atoms with E-state index >= 15 is 0 Å². The maximum atomic E-state index is 10.9. The molecule has 0 unspecified atom stereocenters. The summed E-state index contributed by atoms with van der Waals surface area (Å²) >= 11 is 0. The second-order valence-electron chi connectivity index (χ2n) is 3.70. The maximum Gasteiger partial charge on any atom is 0.236 e. The molecule has 2 N–H and O–H groups in total. The summed E-state index contributed by atoms with van der Waals surface area (Å²) in [7, 11) is 0. The van der Waals surface area contributed by atoms with Crippen LogP contribution in [0.15, 0.2) is 18.3 Å². The van der Waals surface area contributed by atoms with Crippen molar-refractivity contribution in [2.24, 2.45) is 5.73 Å². The molecule has 1 amide bonds. The number of primary amides is 1. The van der Waals surface area contributed by atoms with E-state index in [-0.39, 0.29) is 12.6 Å². The first-order chi connectivity index (χ1) is 7.54. The van der Waals surface area contributed by atoms with Gasteiger partial charge < -0.3 is 10.6 Å². The molecule has 0 aliphatic carbocycles. The van der Waals surface area contributed by atoms with Crippen molar-refractivity contribution < 1.29 is 4.79 Å². The number of nitrogens with two attached hydrogens (primary N) is 1. The number of anilines is 1. The van der Waals surface area contributed by atoms with Crippen molar-refractivity contribution >= 4 is 11.6 Å². The number of hydrogen-bond acceptors (Lipinski definition) is 4. The van der Waals surface area contributed by atoms with Gasteiger partial charge in [-0.3, -0.25) is 4.79 Å². The topological polar surface area (TPSA) is 83.0 Å². The molecule has 1 rings (SSSR count). The molecule has 1 heterocycles. The van der Waals surface area contributed by atoms with Gasteiger partial charge in [-0.25, -0.2) is 4.98 Å². The summed E-state index contributed by atoms with van der Waals surface area (Å²) in [6, 6.07) is 5.46. The van der Waals surface area contributed by atoms with Gasteiger partial charge in [-0.1, -0.05) is 0 Å². The zero-order chi connectivity index (χ0) is 12.1. The highest BCUT2D eigenvalue weighted by Crippen LogP contribution is 2.15. The fourth-order valence-corrected chi connectivity index (χ4v) is 1.36. The normalized spacial score (nSPS) is 9.88. The molecule has 0 saturated heterocycles. The molecular formula is C11H14N4O. The molecule has 0 spiro atoms. The Morgan fingerprint density at radius 3 is 2.69 bits per heavy atom. The summed E-state index contributed by atoms with van der Waals surface area (Å²) in [5.74, 6) is -0.391. The third-order valence-electron chi connectivity index (χ3n) is 2.14. The first kappa shape index (κ1) is 12.0. The average molecular weight is 218 g/mol. The summed E-state index contributed by atoms with van der Waals surface area (Å²) in [5, 5.41) is 8.62. The molecule has 0 aliphatic rings. The lowest BCUT2D eigenvalue weighted by Gasteiger charge is -2.27. The average Bonchev–Trinajstić information content (AvgIpc) is 2.25. The van der Waals surface area contributed by atoms with E-state index in [1.165, 1.54) is 0 Å². The second-order valence-corrected chi connectivity index (χ2v) is 3.70. The van der Waals surface area contributed by atoms with Gasteiger partial charge >= 0.3 is 0 Å². The van der Waals surface area contributed by atoms with E-state index in [9.17, 15) is 4.79 Å². The van der Waals surface area contributed by atoms with E-state index in [0.717, 1.165) is 5.69 Å². The second kappa shape index (κ2) is 5.12. The first-order valence-corrected chi connectivity index (χ1v) is 4.95. The van der Waals surface area contributed by atoms with Crippen LogP contribution >= 0.6 is 0 Å². The van der Waals surface area contributed by atoms with E-state index in [4.69, 9.17) is 11.0 Å². The lowest BCUT2D eigenvalue weighted by atomic mass is 10.2. The third kappa shape index (κ3) is 2.95. The smallest absolute Gasteiger partial charge is 0.236 e. The molecule has 0 atom stereocenters. The summed E-state index contributed by atoms with van der Waals surface area (Å²) in [4.78, 5) is 16.7. The van der Waals surface area contributed by atoms with Gasteiger partial charge in [0.1, 0.15) is 11.8 Å². The van der Waals surface area contributed by atoms with Crippen molar-refractivity contribution in [3.05, 3.63) is 24.0 Å². The standard InChI is InChI=1S/C11H14N4O/c1-8(2)15(7-11(13)16)10-4-3-9(5-12)14-6-10/h3-4,6,8H,7H2,1-2H3,(H2,13,16). The van der Waals surface area contributed by atoms with Gasteiger partial charge in [-0.2, -0.15) is 5.26 Å². The number of carbonyl (C=O) groups is 1. The van der Waals surface area contributed by atoms with Crippen molar-refractivity contribution in [2.45, 2.75) is 19.9 Å². The molecule has 0 aromatic carbocycles. The van der Waals surface area contributed by atoms with E-state index in [1.54, 1.807) is 18.3 Å². The highest BCUT2D eigenvalue weighted by Gasteiger charge is 2.13. The maximum absolute atomic E-state index is 10.9. The van der Waals surface area contributed by atoms with Gasteiger partial charge in [0.2, 0.25) is 5.91 Å². The zero-order valence-electron chi connectivity index (χ0n) is 9.34. The highest BCUT2D eigenvalue weighted by atomic mass is 16.1. The Hall–Kier alpha value is -2.09. The van der Waals surface area contributed by atoms with Crippen LogP contribution in [-0.4, -0.2) is 23.5 Å². The van der Waals surface area contributed by atoms with Crippen LogP contribution in [0.1, 0.15) is 19.5 Å². The minimum absolute atomic E-state index is 0.141. The number of rotatable bonds is 4. The Labute approximate surface area is 94.5 Å². The molecule has 0 aliphatic heterocycles.